The summed E-state index contributed by atoms with van der Waals surface area (Å²) in [6.45, 7) is 2.05. The van der Waals surface area contributed by atoms with Gasteiger partial charge in [0.05, 0.1) is 0 Å². The van der Waals surface area contributed by atoms with Crippen LogP contribution in [0, 0.1) is 6.92 Å². The van der Waals surface area contributed by atoms with Crippen molar-refractivity contribution in [2.75, 3.05) is 5.32 Å². The minimum Gasteiger partial charge on any atom is -0.373 e. The fourth-order valence-electron chi connectivity index (χ4n) is 1.62. The van der Waals surface area contributed by atoms with E-state index in [4.69, 9.17) is 0 Å². The first-order valence-electron chi connectivity index (χ1n) is 5.65. The van der Waals surface area contributed by atoms with Crippen molar-refractivity contribution in [2.24, 2.45) is 0 Å². The van der Waals surface area contributed by atoms with Crippen molar-refractivity contribution < 1.29 is 5.11 Å². The van der Waals surface area contributed by atoms with Gasteiger partial charge in [0.15, 0.2) is 0 Å². The number of nitrogens with zero attached hydrogens (tertiary/aromatic N) is 1. The topological polar surface area (TPSA) is 45.1 Å². The highest BCUT2D eigenvalue weighted by Gasteiger charge is 2.05. The van der Waals surface area contributed by atoms with Crippen molar-refractivity contribution in [3.63, 3.8) is 0 Å². The Morgan fingerprint density at radius 2 is 1.94 bits per heavy atom. The summed E-state index contributed by atoms with van der Waals surface area (Å²) in [6.07, 6.45) is 1.64. The van der Waals surface area contributed by atoms with Crippen molar-refractivity contribution in [1.29, 1.82) is 0 Å². The number of aryl methyl sites for hydroxylation is 1. The van der Waals surface area contributed by atoms with Crippen molar-refractivity contribution in [3.8, 4) is 0 Å². The highest BCUT2D eigenvalue weighted by atomic mass is 16.3. The molecule has 17 heavy (non-hydrogen) atoms. The molecule has 0 radical (unpaired) electrons. The number of aliphatic hydroxyl groups excluding tert-OH is 1. The zero-order valence-corrected chi connectivity index (χ0v) is 9.80. The number of nitrogens with one attached hydrogen (secondary N) is 1. The van der Waals surface area contributed by atoms with Gasteiger partial charge in [0.25, 0.3) is 0 Å². The largest absolute Gasteiger partial charge is 0.373 e. The maximum Gasteiger partial charge on any atom is 0.129 e. The molecule has 0 amide bonds. The summed E-state index contributed by atoms with van der Waals surface area (Å²) in [4.78, 5) is 4.10. The Hall–Kier alpha value is -1.87. The van der Waals surface area contributed by atoms with Gasteiger partial charge in [-0.25, -0.2) is 4.98 Å². The van der Waals surface area contributed by atoms with Crippen LogP contribution in [0.25, 0.3) is 0 Å². The average molecular weight is 228 g/mol. The van der Waals surface area contributed by atoms with Gasteiger partial charge >= 0.3 is 0 Å². The Labute approximate surface area is 101 Å². The zero-order chi connectivity index (χ0) is 12.1. The van der Waals surface area contributed by atoms with Crippen LogP contribution >= 0.6 is 0 Å². The molecule has 1 aromatic heterocycles. The van der Waals surface area contributed by atoms with Crippen LogP contribution in [0.2, 0.25) is 0 Å². The van der Waals surface area contributed by atoms with E-state index >= 15 is 0 Å². The van der Waals surface area contributed by atoms with Crippen molar-refractivity contribution in [2.45, 2.75) is 19.6 Å². The first-order chi connectivity index (χ1) is 8.24. The molecule has 2 rings (SSSR count). The van der Waals surface area contributed by atoms with Crippen molar-refractivity contribution in [3.05, 3.63) is 59.8 Å². The van der Waals surface area contributed by atoms with Crippen molar-refractivity contribution >= 4 is 5.82 Å². The lowest BCUT2D eigenvalue weighted by atomic mass is 10.1. The molecule has 88 valence electrons. The number of anilines is 1. The Morgan fingerprint density at radius 3 is 2.59 bits per heavy atom. The minimum atomic E-state index is -0.618. The molecule has 0 bridgehead atoms. The lowest BCUT2D eigenvalue weighted by Gasteiger charge is -2.13. The Bertz CT molecular complexity index is 453. The second-order valence-electron chi connectivity index (χ2n) is 4.06. The third kappa shape index (κ3) is 3.57. The minimum absolute atomic E-state index is 0.566. The molecular weight excluding hydrogens is 212 g/mol. The fourth-order valence-corrected chi connectivity index (χ4v) is 1.62. The van der Waals surface area contributed by atoms with Gasteiger partial charge < -0.3 is 10.4 Å². The number of hydrogen-bond acceptors (Lipinski definition) is 3. The maximum atomic E-state index is 9.87. The van der Waals surface area contributed by atoms with Crippen LogP contribution in [0.1, 0.15) is 11.1 Å². The number of pyridine rings is 1. The number of aliphatic hydroxyl groups is 1. The summed E-state index contributed by atoms with van der Waals surface area (Å²) >= 11 is 0. The molecular formula is C14H16N2O. The van der Waals surface area contributed by atoms with Crippen LogP contribution in [0.15, 0.2) is 48.7 Å². The molecule has 1 heterocycles. The van der Waals surface area contributed by atoms with Crippen LogP contribution in [-0.2, 0) is 6.42 Å². The molecule has 0 aliphatic heterocycles. The second-order valence-corrected chi connectivity index (χ2v) is 4.06. The molecule has 0 aliphatic carbocycles. The van der Waals surface area contributed by atoms with Gasteiger partial charge in [-0.05, 0) is 24.6 Å². The molecule has 1 atom stereocenters. The highest BCUT2D eigenvalue weighted by Crippen LogP contribution is 2.08. The number of hydrogen-bond donors (Lipinski definition) is 2. The molecule has 1 unspecified atom stereocenters. The molecule has 0 saturated carbocycles. The summed E-state index contributed by atoms with van der Waals surface area (Å²) in [5.74, 6) is 0.687. The quantitative estimate of drug-likeness (QED) is 0.790. The van der Waals surface area contributed by atoms with Gasteiger partial charge in [0.1, 0.15) is 12.0 Å². The van der Waals surface area contributed by atoms with Crippen LogP contribution in [0.5, 0.6) is 0 Å². The van der Waals surface area contributed by atoms with E-state index in [0.717, 1.165) is 5.56 Å². The van der Waals surface area contributed by atoms with E-state index in [9.17, 15) is 5.11 Å². The molecule has 3 heteroatoms. The third-order valence-corrected chi connectivity index (χ3v) is 2.53. The smallest absolute Gasteiger partial charge is 0.129 e. The van der Waals surface area contributed by atoms with E-state index in [1.165, 1.54) is 5.56 Å². The average Bonchev–Trinajstić information content (AvgIpc) is 2.33. The second kappa shape index (κ2) is 5.46. The number of aromatic nitrogens is 1. The molecule has 2 N–H and O–H groups in total. The fraction of sp³-hybridized carbons (Fsp3) is 0.214. The summed E-state index contributed by atoms with van der Waals surface area (Å²) < 4.78 is 0. The maximum absolute atomic E-state index is 9.87. The van der Waals surface area contributed by atoms with E-state index in [-0.39, 0.29) is 0 Å². The summed E-state index contributed by atoms with van der Waals surface area (Å²) in [5, 5.41) is 12.8. The molecule has 2 aromatic rings. The van der Waals surface area contributed by atoms with Crippen LogP contribution in [0.3, 0.4) is 0 Å². The Morgan fingerprint density at radius 1 is 1.18 bits per heavy atom. The highest BCUT2D eigenvalue weighted by molar-refractivity contribution is 5.34. The SMILES string of the molecule is Cc1ccc(CC(O)Nc2ccccn2)cc1. The van der Waals surface area contributed by atoms with Gasteiger partial charge in [-0.3, -0.25) is 0 Å². The zero-order valence-electron chi connectivity index (χ0n) is 9.80. The summed E-state index contributed by atoms with van der Waals surface area (Å²) in [5.41, 5.74) is 2.33. The van der Waals surface area contributed by atoms with Gasteiger partial charge in [0, 0.05) is 12.6 Å². The molecule has 0 saturated heterocycles. The molecule has 1 aromatic carbocycles. The standard InChI is InChI=1S/C14H16N2O/c1-11-5-7-12(8-6-11)10-14(17)16-13-4-2-3-9-15-13/h2-9,14,17H,10H2,1H3,(H,15,16). The predicted octanol–water partition coefficient (Wildman–Crippen LogP) is 2.36. The Kier molecular flexibility index (Phi) is 3.73. The van der Waals surface area contributed by atoms with Gasteiger partial charge in [-0.2, -0.15) is 0 Å². The van der Waals surface area contributed by atoms with Gasteiger partial charge in [-0.15, -0.1) is 0 Å². The van der Waals surface area contributed by atoms with Crippen LogP contribution < -0.4 is 5.32 Å². The summed E-state index contributed by atoms with van der Waals surface area (Å²) in [7, 11) is 0. The normalized spacial score (nSPS) is 12.1. The van der Waals surface area contributed by atoms with E-state index in [0.29, 0.717) is 12.2 Å². The first kappa shape index (κ1) is 11.6. The number of rotatable bonds is 4. The lowest BCUT2D eigenvalue weighted by molar-refractivity contribution is 0.203. The summed E-state index contributed by atoms with van der Waals surface area (Å²) in [6, 6.07) is 13.7. The van der Waals surface area contributed by atoms with Gasteiger partial charge in [0.2, 0.25) is 0 Å². The lowest BCUT2D eigenvalue weighted by Crippen LogP contribution is -2.21. The van der Waals surface area contributed by atoms with Gasteiger partial charge in [-0.1, -0.05) is 35.9 Å². The Balaban J connectivity index is 1.93. The third-order valence-electron chi connectivity index (χ3n) is 2.53. The van der Waals surface area contributed by atoms with E-state index in [1.807, 2.05) is 49.4 Å². The number of benzene rings is 1. The molecule has 0 spiro atoms. The van der Waals surface area contributed by atoms with Crippen LogP contribution in [-0.4, -0.2) is 16.3 Å². The first-order valence-corrected chi connectivity index (χ1v) is 5.65. The monoisotopic (exact) mass is 228 g/mol. The molecule has 0 aliphatic rings. The van der Waals surface area contributed by atoms with Crippen molar-refractivity contribution in [1.82, 2.24) is 4.98 Å². The van der Waals surface area contributed by atoms with E-state index in [2.05, 4.69) is 10.3 Å². The molecule has 3 nitrogen and oxygen atoms in total. The predicted molar refractivity (Wildman–Crippen MR) is 68.7 cm³/mol. The van der Waals surface area contributed by atoms with E-state index in [1.54, 1.807) is 6.20 Å². The van der Waals surface area contributed by atoms with E-state index < -0.39 is 6.23 Å². The van der Waals surface area contributed by atoms with Crippen LogP contribution in [0.4, 0.5) is 5.82 Å². The molecule has 0 fully saturated rings.